The van der Waals surface area contributed by atoms with Gasteiger partial charge in [-0.15, -0.1) is 0 Å². The van der Waals surface area contributed by atoms with Crippen LogP contribution in [-0.4, -0.2) is 4.98 Å². The molecule has 0 bridgehead atoms. The summed E-state index contributed by atoms with van der Waals surface area (Å²) in [7, 11) is 0. The van der Waals surface area contributed by atoms with Gasteiger partial charge in [-0.1, -0.05) is 52.3 Å². The summed E-state index contributed by atoms with van der Waals surface area (Å²) in [5.74, 6) is 0. The average molecular weight is 522 g/mol. The van der Waals surface area contributed by atoms with Crippen LogP contribution in [0.3, 0.4) is 0 Å². The van der Waals surface area contributed by atoms with E-state index in [9.17, 15) is 26.3 Å². The molecular formula is C25H14BrF6N. The van der Waals surface area contributed by atoms with Gasteiger partial charge in [0, 0.05) is 15.6 Å². The van der Waals surface area contributed by atoms with Gasteiger partial charge in [-0.05, 0) is 59.7 Å². The fraction of sp³-hybridized carbons (Fsp3) is 0.0800. The molecule has 0 atom stereocenters. The van der Waals surface area contributed by atoms with Gasteiger partial charge in [0.05, 0.1) is 22.5 Å². The Kier molecular flexibility index (Phi) is 6.05. The van der Waals surface area contributed by atoms with Crippen molar-refractivity contribution in [1.29, 1.82) is 0 Å². The Balaban J connectivity index is 1.83. The highest BCUT2D eigenvalue weighted by Crippen LogP contribution is 2.35. The van der Waals surface area contributed by atoms with E-state index in [-0.39, 0.29) is 0 Å². The summed E-state index contributed by atoms with van der Waals surface area (Å²) >= 11 is 3.37. The SMILES string of the molecule is FC(F)(F)c1ccc(-c2cc(-c3ccc(Br)cc3)cc(-c3ccc(C(F)(F)F)cc3)n2)cc1. The van der Waals surface area contributed by atoms with E-state index in [2.05, 4.69) is 20.9 Å². The lowest BCUT2D eigenvalue weighted by molar-refractivity contribution is -0.138. The van der Waals surface area contributed by atoms with E-state index in [1.807, 2.05) is 24.3 Å². The second-order valence-electron chi connectivity index (χ2n) is 7.28. The number of benzene rings is 3. The molecule has 1 heterocycles. The fourth-order valence-electron chi connectivity index (χ4n) is 3.30. The minimum atomic E-state index is -4.46. The maximum absolute atomic E-state index is 12.9. The average Bonchev–Trinajstić information content (AvgIpc) is 2.78. The molecule has 0 fully saturated rings. The number of pyridine rings is 1. The highest BCUT2D eigenvalue weighted by molar-refractivity contribution is 9.10. The van der Waals surface area contributed by atoms with Crippen LogP contribution in [0.15, 0.2) is 89.4 Å². The van der Waals surface area contributed by atoms with Crippen LogP contribution in [0.2, 0.25) is 0 Å². The van der Waals surface area contributed by atoms with Crippen molar-refractivity contribution in [2.75, 3.05) is 0 Å². The zero-order chi connectivity index (χ0) is 23.8. The summed E-state index contributed by atoms with van der Waals surface area (Å²) in [6, 6.07) is 20.1. The van der Waals surface area contributed by atoms with E-state index >= 15 is 0 Å². The minimum Gasteiger partial charge on any atom is -0.248 e. The molecule has 0 saturated carbocycles. The lowest BCUT2D eigenvalue weighted by Gasteiger charge is -2.12. The van der Waals surface area contributed by atoms with Gasteiger partial charge < -0.3 is 0 Å². The third-order valence-corrected chi connectivity index (χ3v) is 5.55. The molecule has 0 radical (unpaired) electrons. The van der Waals surface area contributed by atoms with Gasteiger partial charge in [-0.25, -0.2) is 4.98 Å². The first-order valence-electron chi connectivity index (χ1n) is 9.64. The van der Waals surface area contributed by atoms with Crippen molar-refractivity contribution >= 4 is 15.9 Å². The summed E-state index contributed by atoms with van der Waals surface area (Å²) < 4.78 is 78.5. The van der Waals surface area contributed by atoms with E-state index in [1.54, 1.807) is 12.1 Å². The van der Waals surface area contributed by atoms with Gasteiger partial charge in [0.25, 0.3) is 0 Å². The molecule has 0 spiro atoms. The molecule has 0 N–H and O–H groups in total. The van der Waals surface area contributed by atoms with Crippen LogP contribution in [0, 0.1) is 0 Å². The van der Waals surface area contributed by atoms with Crippen molar-refractivity contribution in [3.05, 3.63) is 101 Å². The van der Waals surface area contributed by atoms with Gasteiger partial charge >= 0.3 is 12.4 Å². The first-order chi connectivity index (χ1) is 15.5. The molecule has 0 aliphatic heterocycles. The topological polar surface area (TPSA) is 12.9 Å². The van der Waals surface area contributed by atoms with Gasteiger partial charge in [-0.2, -0.15) is 26.3 Å². The van der Waals surface area contributed by atoms with Gasteiger partial charge in [0.2, 0.25) is 0 Å². The number of halogens is 7. The quantitative estimate of drug-likeness (QED) is 0.245. The molecular weight excluding hydrogens is 508 g/mol. The van der Waals surface area contributed by atoms with E-state index in [0.29, 0.717) is 22.5 Å². The van der Waals surface area contributed by atoms with Crippen LogP contribution in [0.4, 0.5) is 26.3 Å². The van der Waals surface area contributed by atoms with Crippen molar-refractivity contribution in [2.45, 2.75) is 12.4 Å². The van der Waals surface area contributed by atoms with Crippen molar-refractivity contribution in [3.8, 4) is 33.6 Å². The van der Waals surface area contributed by atoms with E-state index in [1.165, 1.54) is 24.3 Å². The van der Waals surface area contributed by atoms with E-state index in [0.717, 1.165) is 39.9 Å². The number of aromatic nitrogens is 1. The zero-order valence-electron chi connectivity index (χ0n) is 16.7. The van der Waals surface area contributed by atoms with Gasteiger partial charge in [0.1, 0.15) is 0 Å². The minimum absolute atomic E-state index is 0.402. The molecule has 0 aliphatic carbocycles. The van der Waals surface area contributed by atoms with Crippen LogP contribution in [-0.2, 0) is 12.4 Å². The van der Waals surface area contributed by atoms with E-state index in [4.69, 9.17) is 0 Å². The van der Waals surface area contributed by atoms with Crippen LogP contribution in [0.5, 0.6) is 0 Å². The molecule has 0 unspecified atom stereocenters. The van der Waals surface area contributed by atoms with Crippen molar-refractivity contribution in [2.24, 2.45) is 0 Å². The zero-order valence-corrected chi connectivity index (χ0v) is 18.3. The Hall–Kier alpha value is -3.13. The lowest BCUT2D eigenvalue weighted by atomic mass is 9.99. The third-order valence-electron chi connectivity index (χ3n) is 5.02. The maximum atomic E-state index is 12.9. The summed E-state index contributed by atoms with van der Waals surface area (Å²) in [4.78, 5) is 4.53. The predicted octanol–water partition coefficient (Wildman–Crippen LogP) is 8.88. The number of rotatable bonds is 3. The lowest BCUT2D eigenvalue weighted by Crippen LogP contribution is -2.04. The largest absolute Gasteiger partial charge is 0.416 e. The predicted molar refractivity (Wildman–Crippen MR) is 118 cm³/mol. The summed E-state index contributed by atoms with van der Waals surface area (Å²) in [6.07, 6.45) is -8.92. The Morgan fingerprint density at radius 1 is 0.485 bits per heavy atom. The second kappa shape index (κ2) is 8.67. The maximum Gasteiger partial charge on any atom is 0.416 e. The molecule has 0 amide bonds. The Bertz CT molecular complexity index is 1180. The highest BCUT2D eigenvalue weighted by Gasteiger charge is 2.31. The van der Waals surface area contributed by atoms with Crippen LogP contribution in [0.25, 0.3) is 33.6 Å². The van der Waals surface area contributed by atoms with Crippen LogP contribution in [0.1, 0.15) is 11.1 Å². The monoisotopic (exact) mass is 521 g/mol. The standard InChI is InChI=1S/C25H14BrF6N/c26-21-11-5-15(6-12-21)18-13-22(16-1-7-19(8-2-16)24(27,28)29)33-23(14-18)17-3-9-20(10-4-17)25(30,31)32/h1-14H. The summed E-state index contributed by atoms with van der Waals surface area (Å²) in [5.41, 5.74) is 1.70. The Morgan fingerprint density at radius 2 is 0.848 bits per heavy atom. The van der Waals surface area contributed by atoms with Crippen LogP contribution < -0.4 is 0 Å². The smallest absolute Gasteiger partial charge is 0.248 e. The molecule has 1 nitrogen and oxygen atoms in total. The molecule has 4 rings (SSSR count). The number of nitrogens with zero attached hydrogens (tertiary/aromatic N) is 1. The molecule has 8 heteroatoms. The first-order valence-corrected chi connectivity index (χ1v) is 10.4. The molecule has 0 saturated heterocycles. The van der Waals surface area contributed by atoms with Crippen molar-refractivity contribution in [3.63, 3.8) is 0 Å². The molecule has 0 aliphatic rings. The fourth-order valence-corrected chi connectivity index (χ4v) is 3.56. The molecule has 4 aromatic rings. The van der Waals surface area contributed by atoms with Crippen molar-refractivity contribution in [1.82, 2.24) is 4.98 Å². The normalized spacial score (nSPS) is 12.1. The van der Waals surface area contributed by atoms with Crippen molar-refractivity contribution < 1.29 is 26.3 Å². The van der Waals surface area contributed by atoms with Gasteiger partial charge in [-0.3, -0.25) is 0 Å². The third kappa shape index (κ3) is 5.27. The van der Waals surface area contributed by atoms with Gasteiger partial charge in [0.15, 0.2) is 0 Å². The Labute approximate surface area is 193 Å². The summed E-state index contributed by atoms with van der Waals surface area (Å²) in [6.45, 7) is 0. The second-order valence-corrected chi connectivity index (χ2v) is 8.20. The molecule has 168 valence electrons. The number of hydrogen-bond donors (Lipinski definition) is 0. The number of alkyl halides is 6. The summed E-state index contributed by atoms with van der Waals surface area (Å²) in [5, 5.41) is 0. The molecule has 1 aromatic heterocycles. The molecule has 3 aromatic carbocycles. The Morgan fingerprint density at radius 3 is 1.21 bits per heavy atom. The first kappa shape index (κ1) is 23.0. The van der Waals surface area contributed by atoms with E-state index < -0.39 is 23.5 Å². The highest BCUT2D eigenvalue weighted by atomic mass is 79.9. The number of hydrogen-bond acceptors (Lipinski definition) is 1. The van der Waals surface area contributed by atoms with Crippen LogP contribution >= 0.6 is 15.9 Å². The molecule has 33 heavy (non-hydrogen) atoms.